The van der Waals surface area contributed by atoms with Gasteiger partial charge in [-0.15, -0.1) is 0 Å². The molecule has 1 heterocycles. The second-order valence-electron chi connectivity index (χ2n) is 5.47. The van der Waals surface area contributed by atoms with Crippen LogP contribution in [0.1, 0.15) is 28.8 Å². The Balaban J connectivity index is 1.81. The Morgan fingerprint density at radius 2 is 1.95 bits per heavy atom. The molecular formula is C18H18N2O2. The van der Waals surface area contributed by atoms with Crippen molar-refractivity contribution in [1.82, 2.24) is 0 Å². The molecule has 4 nitrogen and oxygen atoms in total. The molecule has 1 fully saturated rings. The molecule has 112 valence electrons. The average Bonchev–Trinajstić information content (AvgIpc) is 2.96. The van der Waals surface area contributed by atoms with Crippen molar-refractivity contribution in [3.05, 3.63) is 59.7 Å². The molecule has 4 heteroatoms. The number of carbonyl (C=O) groups is 2. The molecule has 1 aliphatic rings. The van der Waals surface area contributed by atoms with E-state index in [9.17, 15) is 9.59 Å². The molecule has 0 aliphatic carbocycles. The molecule has 0 aromatic heterocycles. The number of amides is 2. The summed E-state index contributed by atoms with van der Waals surface area (Å²) in [7, 11) is 0. The van der Waals surface area contributed by atoms with Crippen LogP contribution in [0.3, 0.4) is 0 Å². The van der Waals surface area contributed by atoms with Gasteiger partial charge in [0.2, 0.25) is 5.91 Å². The molecule has 1 saturated heterocycles. The third-order valence-electron chi connectivity index (χ3n) is 3.89. The summed E-state index contributed by atoms with van der Waals surface area (Å²) in [4.78, 5) is 26.0. The summed E-state index contributed by atoms with van der Waals surface area (Å²) in [6.45, 7) is 2.68. The number of hydrogen-bond acceptors (Lipinski definition) is 2. The smallest absolute Gasteiger partial charge is 0.255 e. The van der Waals surface area contributed by atoms with Crippen molar-refractivity contribution in [2.24, 2.45) is 0 Å². The Morgan fingerprint density at radius 3 is 2.68 bits per heavy atom. The van der Waals surface area contributed by atoms with Crippen molar-refractivity contribution in [1.29, 1.82) is 0 Å². The highest BCUT2D eigenvalue weighted by Gasteiger charge is 2.22. The number of rotatable bonds is 3. The first-order valence-corrected chi connectivity index (χ1v) is 7.42. The highest BCUT2D eigenvalue weighted by atomic mass is 16.2. The highest BCUT2D eigenvalue weighted by Crippen LogP contribution is 2.23. The fraction of sp³-hybridized carbons (Fsp3) is 0.222. The van der Waals surface area contributed by atoms with Crippen LogP contribution in [0, 0.1) is 6.92 Å². The second-order valence-corrected chi connectivity index (χ2v) is 5.47. The van der Waals surface area contributed by atoms with E-state index in [0.29, 0.717) is 12.0 Å². The zero-order chi connectivity index (χ0) is 15.5. The second kappa shape index (κ2) is 6.02. The largest absolute Gasteiger partial charge is 0.322 e. The van der Waals surface area contributed by atoms with E-state index in [-0.39, 0.29) is 11.8 Å². The van der Waals surface area contributed by atoms with E-state index in [1.165, 1.54) is 0 Å². The lowest BCUT2D eigenvalue weighted by Crippen LogP contribution is -2.24. The lowest BCUT2D eigenvalue weighted by Gasteiger charge is -2.16. The fourth-order valence-corrected chi connectivity index (χ4v) is 2.64. The van der Waals surface area contributed by atoms with Crippen molar-refractivity contribution < 1.29 is 9.59 Å². The predicted octanol–water partition coefficient (Wildman–Crippen LogP) is 3.37. The average molecular weight is 294 g/mol. The Kier molecular flexibility index (Phi) is 3.92. The van der Waals surface area contributed by atoms with E-state index in [0.717, 1.165) is 29.9 Å². The topological polar surface area (TPSA) is 49.4 Å². The predicted molar refractivity (Wildman–Crippen MR) is 87.2 cm³/mol. The summed E-state index contributed by atoms with van der Waals surface area (Å²) in [6.07, 6.45) is 1.46. The third kappa shape index (κ3) is 2.86. The first-order chi connectivity index (χ1) is 10.6. The van der Waals surface area contributed by atoms with Gasteiger partial charge in [0.05, 0.1) is 0 Å². The fourth-order valence-electron chi connectivity index (χ4n) is 2.64. The van der Waals surface area contributed by atoms with Crippen LogP contribution in [0.2, 0.25) is 0 Å². The van der Waals surface area contributed by atoms with E-state index < -0.39 is 0 Å². The molecule has 2 amide bonds. The Morgan fingerprint density at radius 1 is 1.14 bits per heavy atom. The molecule has 3 rings (SSSR count). The number of aryl methyl sites for hydroxylation is 1. The van der Waals surface area contributed by atoms with Gasteiger partial charge >= 0.3 is 0 Å². The van der Waals surface area contributed by atoms with Crippen LogP contribution in [0.5, 0.6) is 0 Å². The number of nitrogens with one attached hydrogen (secondary N) is 1. The maximum Gasteiger partial charge on any atom is 0.255 e. The van der Waals surface area contributed by atoms with Gasteiger partial charge in [0, 0.05) is 29.9 Å². The van der Waals surface area contributed by atoms with Gasteiger partial charge in [-0.2, -0.15) is 0 Å². The lowest BCUT2D eigenvalue weighted by atomic mass is 10.1. The Labute approximate surface area is 129 Å². The van der Waals surface area contributed by atoms with Gasteiger partial charge in [0.1, 0.15) is 0 Å². The van der Waals surface area contributed by atoms with E-state index in [2.05, 4.69) is 5.32 Å². The van der Waals surface area contributed by atoms with Gasteiger partial charge in [-0.25, -0.2) is 0 Å². The summed E-state index contributed by atoms with van der Waals surface area (Å²) >= 11 is 0. The van der Waals surface area contributed by atoms with Gasteiger partial charge in [-0.05, 0) is 43.2 Å². The quantitative estimate of drug-likeness (QED) is 0.943. The van der Waals surface area contributed by atoms with Crippen LogP contribution >= 0.6 is 0 Å². The Bertz CT molecular complexity index is 725. The normalized spacial score (nSPS) is 14.2. The minimum Gasteiger partial charge on any atom is -0.322 e. The van der Waals surface area contributed by atoms with Crippen molar-refractivity contribution >= 4 is 23.2 Å². The molecule has 22 heavy (non-hydrogen) atoms. The van der Waals surface area contributed by atoms with E-state index >= 15 is 0 Å². The van der Waals surface area contributed by atoms with Gasteiger partial charge in [0.15, 0.2) is 0 Å². The number of para-hydroxylation sites is 1. The van der Waals surface area contributed by atoms with Crippen LogP contribution < -0.4 is 10.2 Å². The summed E-state index contributed by atoms with van der Waals surface area (Å²) in [5.74, 6) is -0.0424. The number of benzene rings is 2. The van der Waals surface area contributed by atoms with Gasteiger partial charge < -0.3 is 10.2 Å². The number of carbonyl (C=O) groups excluding carboxylic acids is 2. The SMILES string of the molecule is Cc1ccccc1NC(=O)c1cccc(N2CCCC2=O)c1. The van der Waals surface area contributed by atoms with Gasteiger partial charge in [-0.3, -0.25) is 9.59 Å². The molecule has 1 aliphatic heterocycles. The number of anilines is 2. The lowest BCUT2D eigenvalue weighted by molar-refractivity contribution is -0.117. The van der Waals surface area contributed by atoms with Crippen molar-refractivity contribution in [3.8, 4) is 0 Å². The maximum absolute atomic E-state index is 12.4. The molecular weight excluding hydrogens is 276 g/mol. The molecule has 2 aromatic rings. The molecule has 0 radical (unpaired) electrons. The maximum atomic E-state index is 12.4. The molecule has 0 saturated carbocycles. The molecule has 0 spiro atoms. The zero-order valence-corrected chi connectivity index (χ0v) is 12.5. The van der Waals surface area contributed by atoms with Crippen molar-refractivity contribution in [2.75, 3.05) is 16.8 Å². The monoisotopic (exact) mass is 294 g/mol. The highest BCUT2D eigenvalue weighted by molar-refractivity contribution is 6.06. The number of nitrogens with zero attached hydrogens (tertiary/aromatic N) is 1. The summed E-state index contributed by atoms with van der Waals surface area (Å²) in [5, 5.41) is 2.91. The Hall–Kier alpha value is -2.62. The number of hydrogen-bond donors (Lipinski definition) is 1. The first kappa shape index (κ1) is 14.3. The van der Waals surface area contributed by atoms with Crippen LogP contribution in [-0.4, -0.2) is 18.4 Å². The van der Waals surface area contributed by atoms with E-state index in [1.807, 2.05) is 43.3 Å². The van der Waals surface area contributed by atoms with Crippen molar-refractivity contribution in [3.63, 3.8) is 0 Å². The molecule has 2 aromatic carbocycles. The standard InChI is InChI=1S/C18H18N2O2/c1-13-6-2-3-9-16(13)19-18(22)14-7-4-8-15(12-14)20-11-5-10-17(20)21/h2-4,6-9,12H,5,10-11H2,1H3,(H,19,22). The first-order valence-electron chi connectivity index (χ1n) is 7.42. The minimum atomic E-state index is -0.164. The van der Waals surface area contributed by atoms with E-state index in [1.54, 1.807) is 17.0 Å². The van der Waals surface area contributed by atoms with Crippen molar-refractivity contribution in [2.45, 2.75) is 19.8 Å². The van der Waals surface area contributed by atoms with Gasteiger partial charge in [-0.1, -0.05) is 24.3 Å². The van der Waals surface area contributed by atoms with Crippen LogP contribution in [-0.2, 0) is 4.79 Å². The molecule has 0 bridgehead atoms. The summed E-state index contributed by atoms with van der Waals surface area (Å²) in [6, 6.07) is 14.9. The third-order valence-corrected chi connectivity index (χ3v) is 3.89. The summed E-state index contributed by atoms with van der Waals surface area (Å²) < 4.78 is 0. The molecule has 1 N–H and O–H groups in total. The summed E-state index contributed by atoms with van der Waals surface area (Å²) in [5.41, 5.74) is 3.16. The van der Waals surface area contributed by atoms with Crippen LogP contribution in [0.25, 0.3) is 0 Å². The van der Waals surface area contributed by atoms with E-state index in [4.69, 9.17) is 0 Å². The molecule has 0 unspecified atom stereocenters. The van der Waals surface area contributed by atoms with Crippen LogP contribution in [0.4, 0.5) is 11.4 Å². The van der Waals surface area contributed by atoms with Gasteiger partial charge in [0.25, 0.3) is 5.91 Å². The molecule has 0 atom stereocenters. The minimum absolute atomic E-state index is 0.122. The van der Waals surface area contributed by atoms with Crippen LogP contribution in [0.15, 0.2) is 48.5 Å². The zero-order valence-electron chi connectivity index (χ0n) is 12.5.